The summed E-state index contributed by atoms with van der Waals surface area (Å²) < 4.78 is 46.0. The van der Waals surface area contributed by atoms with Crippen molar-refractivity contribution >= 4 is 56.0 Å². The average Bonchev–Trinajstić information content (AvgIpc) is 3.96. The van der Waals surface area contributed by atoms with E-state index < -0.39 is 61.9 Å². The number of allylic oxidation sites excluding steroid dienone is 2. The number of carbonyl (C=O) groups is 4. The molecule has 0 radical (unpaired) electrons. The van der Waals surface area contributed by atoms with Crippen LogP contribution in [0, 0.1) is 11.3 Å². The number of pyridine rings is 1. The molecule has 1 saturated heterocycles. The number of aromatic nitrogens is 4. The van der Waals surface area contributed by atoms with Gasteiger partial charge in [-0.25, -0.2) is 13.4 Å². The van der Waals surface area contributed by atoms with Gasteiger partial charge in [-0.05, 0) is 77.3 Å². The minimum absolute atomic E-state index is 0.0308. The number of ketones is 1. The third-order valence-electron chi connectivity index (χ3n) is 11.7. The largest absolute Gasteiger partial charge is 0.493 e. The maximum atomic E-state index is 14.7. The molecule has 4 aliphatic rings. The summed E-state index contributed by atoms with van der Waals surface area (Å²) in [4.78, 5) is 64.1. The Kier molecular flexibility index (Phi) is 11.5. The number of carbonyl (C=O) groups excluding carboxylic acids is 4. The Labute approximate surface area is 342 Å². The van der Waals surface area contributed by atoms with Crippen LogP contribution < -0.4 is 24.2 Å². The molecule has 18 heteroatoms. The van der Waals surface area contributed by atoms with E-state index in [1.807, 2.05) is 26.0 Å². The van der Waals surface area contributed by atoms with Crippen molar-refractivity contribution in [3.8, 4) is 17.4 Å². The summed E-state index contributed by atoms with van der Waals surface area (Å²) in [5, 5.41) is 11.8. The number of Topliss-reactive ketones (excluding diaryl/α,β-unsaturated/α-hetero) is 1. The van der Waals surface area contributed by atoms with Gasteiger partial charge < -0.3 is 24.4 Å². The van der Waals surface area contributed by atoms with Crippen LogP contribution in [0.2, 0.25) is 5.02 Å². The summed E-state index contributed by atoms with van der Waals surface area (Å²) in [6, 6.07) is 2.96. The molecule has 2 aliphatic heterocycles. The molecule has 0 unspecified atom stereocenters. The van der Waals surface area contributed by atoms with Gasteiger partial charge in [0.15, 0.2) is 17.2 Å². The minimum atomic E-state index is -3.98. The van der Waals surface area contributed by atoms with Gasteiger partial charge in [0.1, 0.15) is 23.4 Å². The first kappa shape index (κ1) is 41.4. The smallest absolute Gasteiger partial charge is 0.274 e. The lowest BCUT2D eigenvalue weighted by Crippen LogP contribution is -2.52. The molecule has 7 rings (SSSR count). The fraction of sp³-hybridized carbons (Fsp3) is 0.575. The third-order valence-corrected chi connectivity index (χ3v) is 14.1. The average molecular weight is 840 g/mol. The Hall–Kier alpha value is -4.77. The number of benzene rings is 1. The second-order valence-electron chi connectivity index (χ2n) is 16.4. The Balaban J connectivity index is 1.23. The van der Waals surface area contributed by atoms with Crippen molar-refractivity contribution in [2.75, 3.05) is 13.7 Å². The van der Waals surface area contributed by atoms with E-state index in [2.05, 4.69) is 25.2 Å². The van der Waals surface area contributed by atoms with Gasteiger partial charge >= 0.3 is 0 Å². The lowest BCUT2D eigenvalue weighted by molar-refractivity contribution is -0.140. The number of rotatable bonds is 10. The predicted octanol–water partition coefficient (Wildman–Crippen LogP) is 4.44. The Morgan fingerprint density at radius 1 is 1.12 bits per heavy atom. The molecule has 4 heterocycles. The Bertz CT molecular complexity index is 2260. The van der Waals surface area contributed by atoms with Crippen LogP contribution in [0.1, 0.15) is 95.5 Å². The topological polar surface area (TPSA) is 201 Å². The molecule has 2 aliphatic carbocycles. The molecule has 312 valence electrons. The van der Waals surface area contributed by atoms with E-state index in [0.29, 0.717) is 59.5 Å². The predicted molar refractivity (Wildman–Crippen MR) is 213 cm³/mol. The quantitative estimate of drug-likeness (QED) is 0.273. The highest BCUT2D eigenvalue weighted by Gasteiger charge is 2.62. The number of hydrogen-bond acceptors (Lipinski definition) is 12. The summed E-state index contributed by atoms with van der Waals surface area (Å²) in [5.74, 6) is -1.62. The molecule has 58 heavy (non-hydrogen) atoms. The zero-order valence-corrected chi connectivity index (χ0v) is 34.9. The second-order valence-corrected chi connectivity index (χ2v) is 19.0. The molecule has 2 N–H and O–H groups in total. The van der Waals surface area contributed by atoms with E-state index in [-0.39, 0.29) is 49.4 Å². The fourth-order valence-electron chi connectivity index (χ4n) is 7.93. The SMILES string of the molecule is COc1c(Cl)ccc2c(O[C@@H]3C[C@H]4C(=O)C[C@]5(C(=O)NS(=O)(=O)C6(C)CC6)C[C@H]5/C=C\CCCCC[C@H](NC(=O)c5cnn(C)n5)C(=O)N4C3)cc(OC(C)C)nc12. The molecule has 16 nitrogen and oxygen atoms in total. The van der Waals surface area contributed by atoms with E-state index in [1.165, 1.54) is 23.0 Å². The number of ether oxygens (including phenoxy) is 3. The summed E-state index contributed by atoms with van der Waals surface area (Å²) in [5.41, 5.74) is -0.876. The summed E-state index contributed by atoms with van der Waals surface area (Å²) in [6.07, 6.45) is 8.31. The van der Waals surface area contributed by atoms with Crippen LogP contribution in [0.4, 0.5) is 0 Å². The van der Waals surface area contributed by atoms with Crippen LogP contribution in [0.3, 0.4) is 0 Å². The molecule has 3 amide bonds. The molecule has 3 aromatic rings. The molecule has 3 fully saturated rings. The Morgan fingerprint density at radius 3 is 2.59 bits per heavy atom. The van der Waals surface area contributed by atoms with Gasteiger partial charge in [-0.15, -0.1) is 5.10 Å². The first-order valence-corrected chi connectivity index (χ1v) is 21.6. The summed E-state index contributed by atoms with van der Waals surface area (Å²) in [6.45, 7) is 5.28. The highest BCUT2D eigenvalue weighted by molar-refractivity contribution is 7.91. The maximum absolute atomic E-state index is 14.7. The van der Waals surface area contributed by atoms with Gasteiger partial charge in [-0.2, -0.15) is 9.90 Å². The first-order chi connectivity index (χ1) is 27.5. The van der Waals surface area contributed by atoms with Crippen molar-refractivity contribution in [3.05, 3.63) is 47.3 Å². The second kappa shape index (κ2) is 16.1. The van der Waals surface area contributed by atoms with Crippen LogP contribution in [-0.2, 0) is 31.5 Å². The van der Waals surface area contributed by atoms with Gasteiger partial charge in [-0.1, -0.05) is 36.6 Å². The number of halogens is 1. The van der Waals surface area contributed by atoms with Crippen molar-refractivity contribution in [1.29, 1.82) is 0 Å². The number of nitrogens with one attached hydrogen (secondary N) is 2. The number of amides is 3. The van der Waals surface area contributed by atoms with Gasteiger partial charge in [0.05, 0.1) is 47.2 Å². The lowest BCUT2D eigenvalue weighted by Gasteiger charge is -2.29. The first-order valence-electron chi connectivity index (χ1n) is 19.8. The van der Waals surface area contributed by atoms with E-state index in [1.54, 1.807) is 32.2 Å². The van der Waals surface area contributed by atoms with Crippen LogP contribution in [-0.4, -0.2) is 99.5 Å². The van der Waals surface area contributed by atoms with Crippen molar-refractivity contribution in [3.63, 3.8) is 0 Å². The molecule has 0 spiro atoms. The highest BCUT2D eigenvalue weighted by Crippen LogP contribution is 2.57. The fourth-order valence-corrected chi connectivity index (χ4v) is 9.49. The van der Waals surface area contributed by atoms with Gasteiger partial charge in [-0.3, -0.25) is 23.9 Å². The number of fused-ring (bicyclic) bond motifs is 3. The van der Waals surface area contributed by atoms with E-state index in [4.69, 9.17) is 25.8 Å². The zero-order chi connectivity index (χ0) is 41.6. The molecule has 2 aromatic heterocycles. The zero-order valence-electron chi connectivity index (χ0n) is 33.3. The monoisotopic (exact) mass is 839 g/mol. The van der Waals surface area contributed by atoms with Crippen LogP contribution >= 0.6 is 11.6 Å². The van der Waals surface area contributed by atoms with Gasteiger partial charge in [0, 0.05) is 31.3 Å². The number of hydrogen-bond donors (Lipinski definition) is 2. The molecule has 1 aromatic carbocycles. The molecule has 0 bridgehead atoms. The molecular weight excluding hydrogens is 790 g/mol. The molecular formula is C40H50ClN7O9S. The minimum Gasteiger partial charge on any atom is -0.493 e. The third kappa shape index (κ3) is 8.38. The maximum Gasteiger partial charge on any atom is 0.274 e. The molecule has 2 saturated carbocycles. The van der Waals surface area contributed by atoms with Gasteiger partial charge in [0.2, 0.25) is 27.7 Å². The standard InChI is InChI=1S/C40H50ClN7O9S/c1-23(2)56-33-18-32(26-13-14-27(41)35(55-5)34(26)44-33)57-25-17-30-31(49)20-40(38(52)46-58(53,54)39(3)15-16-39)19-24(40)11-9-7-6-8-10-12-28(37(51)48(30)22-25)43-36(50)29-21-42-47(4)45-29/h9,11,13-14,18,21,23-25,28,30H,6-8,10,12,15-17,19-20,22H2,1-5H3,(H,43,50)(H,46,52)/b11-9-/t24-,25-,28+,30+,40-/m1/s1. The number of methoxy groups -OCH3 is 1. The lowest BCUT2D eigenvalue weighted by atomic mass is 9.91. The van der Waals surface area contributed by atoms with Crippen molar-refractivity contribution < 1.29 is 41.8 Å². The van der Waals surface area contributed by atoms with Crippen molar-refractivity contribution in [2.24, 2.45) is 18.4 Å². The van der Waals surface area contributed by atoms with Crippen molar-refractivity contribution in [2.45, 2.75) is 114 Å². The number of sulfonamides is 1. The Morgan fingerprint density at radius 2 is 1.90 bits per heavy atom. The normalized spacial score (nSPS) is 26.5. The number of aryl methyl sites for hydroxylation is 1. The van der Waals surface area contributed by atoms with Crippen LogP contribution in [0.5, 0.6) is 17.4 Å². The van der Waals surface area contributed by atoms with E-state index in [0.717, 1.165) is 12.8 Å². The van der Waals surface area contributed by atoms with E-state index >= 15 is 0 Å². The summed E-state index contributed by atoms with van der Waals surface area (Å²) in [7, 11) is -0.923. The summed E-state index contributed by atoms with van der Waals surface area (Å²) >= 11 is 6.48. The highest BCUT2D eigenvalue weighted by atomic mass is 35.5. The molecule has 5 atom stereocenters. The van der Waals surface area contributed by atoms with Crippen LogP contribution in [0.15, 0.2) is 36.5 Å². The van der Waals surface area contributed by atoms with Crippen LogP contribution in [0.25, 0.3) is 10.9 Å². The van der Waals surface area contributed by atoms with Gasteiger partial charge in [0.25, 0.3) is 5.91 Å². The van der Waals surface area contributed by atoms with E-state index in [9.17, 15) is 27.6 Å². The number of nitrogens with zero attached hydrogens (tertiary/aromatic N) is 5. The van der Waals surface area contributed by atoms with Crippen molar-refractivity contribution in [1.82, 2.24) is 34.9 Å².